The second kappa shape index (κ2) is 6.83. The lowest BCUT2D eigenvalue weighted by Gasteiger charge is -2.08. The van der Waals surface area contributed by atoms with E-state index in [9.17, 15) is 14.4 Å². The SMILES string of the molecule is CC(=O)Nc1nc(C(=O)NCC(C)CC(=O)O)cs1. The highest BCUT2D eigenvalue weighted by Crippen LogP contribution is 2.15. The molecule has 1 heterocycles. The fraction of sp³-hybridized carbons (Fsp3) is 0.455. The summed E-state index contributed by atoms with van der Waals surface area (Å²) in [5, 5.41) is 15.6. The van der Waals surface area contributed by atoms with Gasteiger partial charge in [0.2, 0.25) is 5.91 Å². The second-order valence-electron chi connectivity index (χ2n) is 4.13. The Hall–Kier alpha value is -1.96. The van der Waals surface area contributed by atoms with E-state index in [1.54, 1.807) is 6.92 Å². The van der Waals surface area contributed by atoms with E-state index < -0.39 is 5.97 Å². The zero-order valence-electron chi connectivity index (χ0n) is 10.6. The molecule has 1 unspecified atom stereocenters. The Balaban J connectivity index is 2.47. The molecule has 0 fully saturated rings. The van der Waals surface area contributed by atoms with Crippen LogP contribution < -0.4 is 10.6 Å². The average molecular weight is 285 g/mol. The van der Waals surface area contributed by atoms with Gasteiger partial charge in [-0.25, -0.2) is 4.98 Å². The third-order valence-corrected chi connectivity index (χ3v) is 2.91. The van der Waals surface area contributed by atoms with Crippen molar-refractivity contribution in [2.24, 2.45) is 5.92 Å². The third kappa shape index (κ3) is 5.47. The molecule has 0 saturated carbocycles. The van der Waals surface area contributed by atoms with Crippen LogP contribution in [0, 0.1) is 5.92 Å². The van der Waals surface area contributed by atoms with Crippen LogP contribution in [-0.2, 0) is 9.59 Å². The molecule has 1 aromatic rings. The molecule has 0 aromatic carbocycles. The van der Waals surface area contributed by atoms with Gasteiger partial charge in [0, 0.05) is 25.3 Å². The molecule has 19 heavy (non-hydrogen) atoms. The number of rotatable bonds is 6. The summed E-state index contributed by atoms with van der Waals surface area (Å²) in [6, 6.07) is 0. The van der Waals surface area contributed by atoms with E-state index in [2.05, 4.69) is 15.6 Å². The molecule has 0 radical (unpaired) electrons. The molecule has 0 aliphatic rings. The number of carboxylic acid groups (broad SMARTS) is 1. The minimum Gasteiger partial charge on any atom is -0.481 e. The lowest BCUT2D eigenvalue weighted by molar-refractivity contribution is -0.137. The molecule has 1 atom stereocenters. The zero-order chi connectivity index (χ0) is 14.4. The van der Waals surface area contributed by atoms with Gasteiger partial charge in [-0.15, -0.1) is 11.3 Å². The number of anilines is 1. The molecule has 1 rings (SSSR count). The molecule has 0 saturated heterocycles. The van der Waals surface area contributed by atoms with Crippen molar-refractivity contribution in [3.8, 4) is 0 Å². The van der Waals surface area contributed by atoms with E-state index in [0.717, 1.165) is 11.3 Å². The first kappa shape index (κ1) is 15.1. The number of aromatic nitrogens is 1. The van der Waals surface area contributed by atoms with Crippen molar-refractivity contribution in [1.29, 1.82) is 0 Å². The van der Waals surface area contributed by atoms with E-state index in [1.807, 2.05) is 0 Å². The number of carbonyl (C=O) groups excluding carboxylic acids is 2. The van der Waals surface area contributed by atoms with Crippen LogP contribution in [0.4, 0.5) is 5.13 Å². The summed E-state index contributed by atoms with van der Waals surface area (Å²) in [6.45, 7) is 3.35. The number of thiazole rings is 1. The van der Waals surface area contributed by atoms with E-state index in [4.69, 9.17) is 5.11 Å². The van der Waals surface area contributed by atoms with Gasteiger partial charge in [0.25, 0.3) is 5.91 Å². The molecule has 8 heteroatoms. The fourth-order valence-corrected chi connectivity index (χ4v) is 2.05. The van der Waals surface area contributed by atoms with Gasteiger partial charge in [-0.1, -0.05) is 6.92 Å². The lowest BCUT2D eigenvalue weighted by Crippen LogP contribution is -2.29. The Bertz CT molecular complexity index is 486. The molecule has 3 N–H and O–H groups in total. The first-order valence-electron chi connectivity index (χ1n) is 5.61. The van der Waals surface area contributed by atoms with Crippen molar-refractivity contribution in [2.45, 2.75) is 20.3 Å². The highest BCUT2D eigenvalue weighted by molar-refractivity contribution is 7.14. The molecular formula is C11H15N3O4S. The minimum atomic E-state index is -0.900. The van der Waals surface area contributed by atoms with E-state index >= 15 is 0 Å². The third-order valence-electron chi connectivity index (χ3n) is 2.15. The summed E-state index contributed by atoms with van der Waals surface area (Å²) in [4.78, 5) is 36.9. The zero-order valence-corrected chi connectivity index (χ0v) is 11.4. The summed E-state index contributed by atoms with van der Waals surface area (Å²) in [5.74, 6) is -1.69. The summed E-state index contributed by atoms with van der Waals surface area (Å²) in [7, 11) is 0. The lowest BCUT2D eigenvalue weighted by atomic mass is 10.1. The van der Waals surface area contributed by atoms with Crippen molar-refractivity contribution in [1.82, 2.24) is 10.3 Å². The molecule has 2 amide bonds. The second-order valence-corrected chi connectivity index (χ2v) is 4.99. The molecule has 0 aliphatic heterocycles. The monoisotopic (exact) mass is 285 g/mol. The van der Waals surface area contributed by atoms with Crippen LogP contribution >= 0.6 is 11.3 Å². The molecule has 0 spiro atoms. The van der Waals surface area contributed by atoms with Crippen molar-refractivity contribution >= 4 is 34.3 Å². The number of hydrogen-bond donors (Lipinski definition) is 3. The summed E-state index contributed by atoms with van der Waals surface area (Å²) < 4.78 is 0. The van der Waals surface area contributed by atoms with E-state index in [-0.39, 0.29) is 36.4 Å². The first-order chi connectivity index (χ1) is 8.88. The van der Waals surface area contributed by atoms with Gasteiger partial charge in [-0.3, -0.25) is 14.4 Å². The maximum absolute atomic E-state index is 11.7. The molecule has 1 aromatic heterocycles. The van der Waals surface area contributed by atoms with Crippen molar-refractivity contribution < 1.29 is 19.5 Å². The van der Waals surface area contributed by atoms with Crippen LogP contribution in [0.25, 0.3) is 0 Å². The number of aliphatic carboxylic acids is 1. The van der Waals surface area contributed by atoms with E-state index in [1.165, 1.54) is 12.3 Å². The van der Waals surface area contributed by atoms with Gasteiger partial charge in [0.05, 0.1) is 0 Å². The number of hydrogen-bond acceptors (Lipinski definition) is 5. The normalized spacial score (nSPS) is 11.7. The number of nitrogens with one attached hydrogen (secondary N) is 2. The molecular weight excluding hydrogens is 270 g/mol. The first-order valence-corrected chi connectivity index (χ1v) is 6.49. The quantitative estimate of drug-likeness (QED) is 0.721. The van der Waals surface area contributed by atoms with Gasteiger partial charge in [0.1, 0.15) is 5.69 Å². The summed E-state index contributed by atoms with van der Waals surface area (Å²) in [5.41, 5.74) is 0.205. The maximum atomic E-state index is 11.7. The molecule has 0 aliphatic carbocycles. The predicted octanol–water partition coefficient (Wildman–Crippen LogP) is 0.942. The van der Waals surface area contributed by atoms with Crippen molar-refractivity contribution in [2.75, 3.05) is 11.9 Å². The fourth-order valence-electron chi connectivity index (χ4n) is 1.31. The average Bonchev–Trinajstić information content (AvgIpc) is 2.72. The van der Waals surface area contributed by atoms with Crippen LogP contribution in [0.5, 0.6) is 0 Å². The van der Waals surface area contributed by atoms with Gasteiger partial charge < -0.3 is 15.7 Å². The Labute approximate surface area is 114 Å². The van der Waals surface area contributed by atoms with Gasteiger partial charge >= 0.3 is 5.97 Å². The van der Waals surface area contributed by atoms with Gasteiger partial charge in [-0.2, -0.15) is 0 Å². The Morgan fingerprint density at radius 2 is 2.16 bits per heavy atom. The number of carboxylic acids is 1. The molecule has 0 bridgehead atoms. The highest BCUT2D eigenvalue weighted by atomic mass is 32.1. The summed E-state index contributed by atoms with van der Waals surface area (Å²) in [6.07, 6.45) is -0.00547. The number of nitrogens with zero attached hydrogens (tertiary/aromatic N) is 1. The van der Waals surface area contributed by atoms with Crippen LogP contribution in [0.15, 0.2) is 5.38 Å². The number of amides is 2. The van der Waals surface area contributed by atoms with Gasteiger partial charge in [0.15, 0.2) is 5.13 Å². The predicted molar refractivity (Wildman–Crippen MR) is 70.2 cm³/mol. The van der Waals surface area contributed by atoms with Crippen LogP contribution in [0.2, 0.25) is 0 Å². The largest absolute Gasteiger partial charge is 0.481 e. The highest BCUT2D eigenvalue weighted by Gasteiger charge is 2.13. The molecule has 7 nitrogen and oxygen atoms in total. The van der Waals surface area contributed by atoms with Crippen LogP contribution in [0.3, 0.4) is 0 Å². The summed E-state index contributed by atoms with van der Waals surface area (Å²) >= 11 is 1.15. The smallest absolute Gasteiger partial charge is 0.303 e. The Morgan fingerprint density at radius 3 is 2.74 bits per heavy atom. The Kier molecular flexibility index (Phi) is 5.43. The Morgan fingerprint density at radius 1 is 1.47 bits per heavy atom. The van der Waals surface area contributed by atoms with Crippen molar-refractivity contribution in [3.63, 3.8) is 0 Å². The topological polar surface area (TPSA) is 108 Å². The van der Waals surface area contributed by atoms with E-state index in [0.29, 0.717) is 5.13 Å². The standard InChI is InChI=1S/C11H15N3O4S/c1-6(3-9(16)17)4-12-10(18)8-5-19-11(14-8)13-7(2)15/h5-6H,3-4H2,1-2H3,(H,12,18)(H,16,17)(H,13,14,15). The molecule has 104 valence electrons. The van der Waals surface area contributed by atoms with Crippen molar-refractivity contribution in [3.05, 3.63) is 11.1 Å². The van der Waals surface area contributed by atoms with Gasteiger partial charge in [-0.05, 0) is 5.92 Å². The number of carbonyl (C=O) groups is 3. The van der Waals surface area contributed by atoms with Crippen LogP contribution in [-0.4, -0.2) is 34.4 Å². The van der Waals surface area contributed by atoms with Crippen LogP contribution in [0.1, 0.15) is 30.8 Å². The maximum Gasteiger partial charge on any atom is 0.303 e. The minimum absolute atomic E-state index is 0.00547.